The highest BCUT2D eigenvalue weighted by Crippen LogP contribution is 2.27. The van der Waals surface area contributed by atoms with E-state index in [4.69, 9.17) is 4.42 Å². The van der Waals surface area contributed by atoms with Crippen LogP contribution in [0.15, 0.2) is 34.9 Å². The summed E-state index contributed by atoms with van der Waals surface area (Å²) in [5.41, 5.74) is -0.406. The van der Waals surface area contributed by atoms with Gasteiger partial charge >= 0.3 is 0 Å². The van der Waals surface area contributed by atoms with Crippen molar-refractivity contribution in [2.75, 3.05) is 11.9 Å². The Kier molecular flexibility index (Phi) is 5.26. The number of rotatable bonds is 5. The van der Waals surface area contributed by atoms with Gasteiger partial charge in [-0.1, -0.05) is 0 Å². The monoisotopic (exact) mass is 395 g/mol. The normalized spacial score (nSPS) is 10.7. The van der Waals surface area contributed by atoms with Gasteiger partial charge < -0.3 is 15.1 Å². The molecule has 0 saturated heterocycles. The topological polar surface area (TPSA) is 84.2 Å². The van der Waals surface area contributed by atoms with E-state index in [-0.39, 0.29) is 5.69 Å². The van der Waals surface area contributed by atoms with E-state index < -0.39 is 41.5 Å². The van der Waals surface area contributed by atoms with Crippen molar-refractivity contribution < 1.29 is 27.2 Å². The molecular weight excluding hydrogens is 383 g/mol. The van der Waals surface area contributed by atoms with E-state index in [1.807, 2.05) is 0 Å². The molecule has 10 heteroatoms. The van der Waals surface area contributed by atoms with Crippen LogP contribution in [0.25, 0.3) is 10.8 Å². The van der Waals surface area contributed by atoms with Crippen LogP contribution in [0.3, 0.4) is 0 Å². The van der Waals surface area contributed by atoms with Crippen LogP contribution in [0.5, 0.6) is 0 Å². The lowest BCUT2D eigenvalue weighted by Crippen LogP contribution is -2.33. The van der Waals surface area contributed by atoms with Crippen molar-refractivity contribution in [3.63, 3.8) is 0 Å². The lowest BCUT2D eigenvalue weighted by Gasteiger charge is -2.08. The smallest absolute Gasteiger partial charge is 0.271 e. The number of furan rings is 1. The Labute approximate surface area is 155 Å². The van der Waals surface area contributed by atoms with Crippen molar-refractivity contribution in [1.82, 2.24) is 10.3 Å². The number of halogens is 3. The Hall–Kier alpha value is -3.14. The summed E-state index contributed by atoms with van der Waals surface area (Å²) in [5, 5.41) is 4.91. The van der Waals surface area contributed by atoms with Gasteiger partial charge in [0.05, 0.1) is 18.5 Å². The van der Waals surface area contributed by atoms with Gasteiger partial charge in [-0.25, -0.2) is 18.2 Å². The molecule has 0 aliphatic rings. The van der Waals surface area contributed by atoms with Crippen LogP contribution in [0.4, 0.5) is 18.9 Å². The Morgan fingerprint density at radius 2 is 1.96 bits per heavy atom. The van der Waals surface area contributed by atoms with Gasteiger partial charge in [-0.05, 0) is 31.2 Å². The van der Waals surface area contributed by atoms with Crippen LogP contribution in [0.2, 0.25) is 0 Å². The molecule has 0 fully saturated rings. The van der Waals surface area contributed by atoms with Gasteiger partial charge in [-0.2, -0.15) is 0 Å². The zero-order valence-electron chi connectivity index (χ0n) is 13.8. The van der Waals surface area contributed by atoms with Crippen LogP contribution in [0, 0.1) is 24.4 Å². The first-order valence-electron chi connectivity index (χ1n) is 7.59. The van der Waals surface area contributed by atoms with E-state index in [0.717, 1.165) is 6.07 Å². The molecule has 1 aromatic carbocycles. The third kappa shape index (κ3) is 4.00. The number of nitrogens with one attached hydrogen (secondary N) is 2. The van der Waals surface area contributed by atoms with E-state index >= 15 is 0 Å². The Balaban J connectivity index is 1.62. The minimum absolute atomic E-state index is 0.123. The molecule has 0 spiro atoms. The Bertz CT molecular complexity index is 1000. The molecule has 0 unspecified atom stereocenters. The molecule has 2 N–H and O–H groups in total. The number of hydrogen-bond acceptors (Lipinski definition) is 5. The van der Waals surface area contributed by atoms with Crippen molar-refractivity contribution in [3.8, 4) is 10.8 Å². The number of aryl methyl sites for hydroxylation is 1. The summed E-state index contributed by atoms with van der Waals surface area (Å²) in [7, 11) is 0. The van der Waals surface area contributed by atoms with Gasteiger partial charge in [-0.3, -0.25) is 9.59 Å². The summed E-state index contributed by atoms with van der Waals surface area (Å²) in [6, 6.07) is 4.95. The Morgan fingerprint density at radius 3 is 2.67 bits per heavy atom. The first-order valence-corrected chi connectivity index (χ1v) is 8.41. The number of hydrogen-bond donors (Lipinski definition) is 2. The van der Waals surface area contributed by atoms with E-state index in [1.54, 1.807) is 19.1 Å². The van der Waals surface area contributed by atoms with Gasteiger partial charge in [0.15, 0.2) is 28.2 Å². The second-order valence-corrected chi connectivity index (χ2v) is 6.56. The number of benzene rings is 1. The van der Waals surface area contributed by atoms with Crippen LogP contribution in [-0.2, 0) is 4.79 Å². The highest BCUT2D eigenvalue weighted by atomic mass is 32.1. The number of aromatic nitrogens is 1. The van der Waals surface area contributed by atoms with Crippen molar-refractivity contribution >= 4 is 28.8 Å². The average Bonchev–Trinajstić information content (AvgIpc) is 3.30. The van der Waals surface area contributed by atoms with Gasteiger partial charge in [0.2, 0.25) is 5.91 Å². The van der Waals surface area contributed by atoms with Crippen molar-refractivity contribution in [3.05, 3.63) is 58.6 Å². The fraction of sp³-hybridized carbons (Fsp3) is 0.118. The Morgan fingerprint density at radius 1 is 1.19 bits per heavy atom. The predicted octanol–water partition coefficient (Wildman–Crippen LogP) is 3.50. The summed E-state index contributed by atoms with van der Waals surface area (Å²) < 4.78 is 44.8. The number of nitrogens with zero attached hydrogens (tertiary/aromatic N) is 1. The molecule has 0 aliphatic heterocycles. The van der Waals surface area contributed by atoms with Crippen LogP contribution >= 0.6 is 11.3 Å². The molecule has 0 aliphatic carbocycles. The molecule has 2 amide bonds. The molecule has 3 aromatic rings. The van der Waals surface area contributed by atoms with E-state index in [2.05, 4.69) is 15.6 Å². The first kappa shape index (κ1) is 18.6. The third-order valence-electron chi connectivity index (χ3n) is 3.46. The molecule has 0 bridgehead atoms. The van der Waals surface area contributed by atoms with Gasteiger partial charge in [-0.15, -0.1) is 11.3 Å². The standard InChI is InChI=1S/C17H12F3N3O3S/c1-8-15(23-17(27-8)11-3-2-6-26-11)16(25)21-7-12(24)22-10-5-4-9(18)13(19)14(10)20/h2-6H,7H2,1H3,(H,21,25)(H,22,24). The fourth-order valence-electron chi connectivity index (χ4n) is 2.17. The zero-order valence-corrected chi connectivity index (χ0v) is 14.6. The highest BCUT2D eigenvalue weighted by molar-refractivity contribution is 7.15. The molecule has 0 atom stereocenters. The SMILES string of the molecule is Cc1sc(-c2ccco2)nc1C(=O)NCC(=O)Nc1ccc(F)c(F)c1F. The summed E-state index contributed by atoms with van der Waals surface area (Å²) in [6.45, 7) is 1.18. The van der Waals surface area contributed by atoms with E-state index in [9.17, 15) is 22.8 Å². The first-order chi connectivity index (χ1) is 12.9. The minimum atomic E-state index is -1.69. The molecule has 3 rings (SSSR count). The molecule has 2 heterocycles. The lowest BCUT2D eigenvalue weighted by molar-refractivity contribution is -0.115. The van der Waals surface area contributed by atoms with Gasteiger partial charge in [0, 0.05) is 4.88 Å². The second-order valence-electron chi connectivity index (χ2n) is 5.35. The largest absolute Gasteiger partial charge is 0.462 e. The molecule has 2 aromatic heterocycles. The number of carbonyl (C=O) groups excluding carboxylic acids is 2. The van der Waals surface area contributed by atoms with Crippen LogP contribution in [0.1, 0.15) is 15.4 Å². The maximum Gasteiger partial charge on any atom is 0.271 e. The van der Waals surface area contributed by atoms with Crippen molar-refractivity contribution in [2.45, 2.75) is 6.92 Å². The number of thiazole rings is 1. The summed E-state index contributed by atoms with van der Waals surface area (Å²) >= 11 is 1.25. The van der Waals surface area contributed by atoms with Crippen molar-refractivity contribution in [1.29, 1.82) is 0 Å². The summed E-state index contributed by atoms with van der Waals surface area (Å²) in [6.07, 6.45) is 1.48. The third-order valence-corrected chi connectivity index (χ3v) is 4.45. The van der Waals surface area contributed by atoms with Gasteiger partial charge in [0.25, 0.3) is 5.91 Å². The number of carbonyl (C=O) groups is 2. The van der Waals surface area contributed by atoms with Gasteiger partial charge in [0.1, 0.15) is 5.69 Å². The number of anilines is 1. The second kappa shape index (κ2) is 7.62. The minimum Gasteiger partial charge on any atom is -0.462 e. The maximum absolute atomic E-state index is 13.5. The molecular formula is C17H12F3N3O3S. The molecule has 27 heavy (non-hydrogen) atoms. The number of amides is 2. The van der Waals surface area contributed by atoms with E-state index in [1.165, 1.54) is 17.6 Å². The predicted molar refractivity (Wildman–Crippen MR) is 91.8 cm³/mol. The lowest BCUT2D eigenvalue weighted by atomic mass is 10.2. The van der Waals surface area contributed by atoms with E-state index in [0.29, 0.717) is 21.7 Å². The van der Waals surface area contributed by atoms with Crippen molar-refractivity contribution in [2.24, 2.45) is 0 Å². The molecule has 6 nitrogen and oxygen atoms in total. The van der Waals surface area contributed by atoms with Crippen LogP contribution in [-0.4, -0.2) is 23.3 Å². The molecule has 0 saturated carbocycles. The maximum atomic E-state index is 13.5. The molecule has 140 valence electrons. The molecule has 0 radical (unpaired) electrons. The summed E-state index contributed by atoms with van der Waals surface area (Å²) in [4.78, 5) is 28.8. The fourth-order valence-corrected chi connectivity index (χ4v) is 3.05. The highest BCUT2D eigenvalue weighted by Gasteiger charge is 2.19. The quantitative estimate of drug-likeness (QED) is 0.648. The summed E-state index contributed by atoms with van der Waals surface area (Å²) in [5.74, 6) is -5.50. The van der Waals surface area contributed by atoms with Crippen LogP contribution < -0.4 is 10.6 Å². The average molecular weight is 395 g/mol. The zero-order chi connectivity index (χ0) is 19.6.